The molecule has 3 rings (SSSR count). The molecule has 0 amide bonds. The largest absolute Gasteiger partial charge is 0.383 e. The number of nitrogens with zero attached hydrogens (tertiary/aromatic N) is 4. The number of halogens is 1. The molecule has 7 nitrogen and oxygen atoms in total. The van der Waals surface area contributed by atoms with Crippen LogP contribution in [0, 0.1) is 0 Å². The van der Waals surface area contributed by atoms with Gasteiger partial charge in [-0.2, -0.15) is 0 Å². The molecule has 0 spiro atoms. The van der Waals surface area contributed by atoms with Crippen molar-refractivity contribution in [2.45, 2.75) is 12.6 Å². The SMILES string of the molecule is Nc1ncc(-c2cn(C[C@H]3COCCO3)nn2)cc1Br. The summed E-state index contributed by atoms with van der Waals surface area (Å²) in [4.78, 5) is 4.09. The molecule has 1 atom stereocenters. The normalized spacial score (nSPS) is 19.1. The molecule has 1 saturated heterocycles. The van der Waals surface area contributed by atoms with Gasteiger partial charge in [-0.25, -0.2) is 9.67 Å². The van der Waals surface area contributed by atoms with Gasteiger partial charge >= 0.3 is 0 Å². The maximum atomic E-state index is 5.67. The first-order valence-electron chi connectivity index (χ1n) is 6.23. The van der Waals surface area contributed by atoms with Crippen molar-refractivity contribution < 1.29 is 9.47 Å². The lowest BCUT2D eigenvalue weighted by Crippen LogP contribution is -2.32. The van der Waals surface area contributed by atoms with Crippen LogP contribution in [0.3, 0.4) is 0 Å². The number of hydrogen-bond donors (Lipinski definition) is 1. The van der Waals surface area contributed by atoms with Gasteiger partial charge in [0.25, 0.3) is 0 Å². The van der Waals surface area contributed by atoms with Crippen molar-refractivity contribution in [2.75, 3.05) is 25.6 Å². The zero-order valence-electron chi connectivity index (χ0n) is 10.7. The van der Waals surface area contributed by atoms with Crippen LogP contribution in [0.4, 0.5) is 5.82 Å². The van der Waals surface area contributed by atoms with Gasteiger partial charge in [-0.05, 0) is 22.0 Å². The van der Waals surface area contributed by atoms with Gasteiger partial charge < -0.3 is 15.2 Å². The Bertz CT molecular complexity index is 597. The fraction of sp³-hybridized carbons (Fsp3) is 0.417. The molecule has 0 aromatic carbocycles. The van der Waals surface area contributed by atoms with Gasteiger partial charge in [0.1, 0.15) is 17.6 Å². The van der Waals surface area contributed by atoms with Crippen LogP contribution in [0.15, 0.2) is 22.9 Å². The van der Waals surface area contributed by atoms with Crippen LogP contribution in [0.1, 0.15) is 0 Å². The summed E-state index contributed by atoms with van der Waals surface area (Å²) in [5.41, 5.74) is 7.27. The van der Waals surface area contributed by atoms with Gasteiger partial charge in [0, 0.05) is 11.8 Å². The van der Waals surface area contributed by atoms with E-state index >= 15 is 0 Å². The van der Waals surface area contributed by atoms with Crippen molar-refractivity contribution in [3.05, 3.63) is 22.9 Å². The maximum absolute atomic E-state index is 5.67. The Morgan fingerprint density at radius 2 is 2.35 bits per heavy atom. The molecule has 0 radical (unpaired) electrons. The van der Waals surface area contributed by atoms with Crippen LogP contribution < -0.4 is 5.73 Å². The monoisotopic (exact) mass is 339 g/mol. The first-order valence-corrected chi connectivity index (χ1v) is 7.02. The van der Waals surface area contributed by atoms with Crippen molar-refractivity contribution in [2.24, 2.45) is 0 Å². The van der Waals surface area contributed by atoms with E-state index in [2.05, 4.69) is 31.2 Å². The summed E-state index contributed by atoms with van der Waals surface area (Å²) >= 11 is 3.35. The lowest BCUT2D eigenvalue weighted by atomic mass is 10.2. The quantitative estimate of drug-likeness (QED) is 0.900. The van der Waals surface area contributed by atoms with Gasteiger partial charge in [-0.1, -0.05) is 5.21 Å². The molecule has 20 heavy (non-hydrogen) atoms. The summed E-state index contributed by atoms with van der Waals surface area (Å²) in [6.07, 6.45) is 3.56. The number of aromatic nitrogens is 4. The van der Waals surface area contributed by atoms with Crippen LogP contribution in [0.5, 0.6) is 0 Å². The first kappa shape index (κ1) is 13.5. The molecule has 2 N–H and O–H groups in total. The zero-order chi connectivity index (χ0) is 13.9. The number of nitrogens with two attached hydrogens (primary N) is 1. The van der Waals surface area contributed by atoms with E-state index in [4.69, 9.17) is 15.2 Å². The van der Waals surface area contributed by atoms with E-state index in [1.54, 1.807) is 10.9 Å². The molecule has 2 aromatic rings. The highest BCUT2D eigenvalue weighted by Crippen LogP contribution is 2.23. The third kappa shape index (κ3) is 2.97. The predicted molar refractivity (Wildman–Crippen MR) is 75.9 cm³/mol. The van der Waals surface area contributed by atoms with Crippen LogP contribution in [0.2, 0.25) is 0 Å². The van der Waals surface area contributed by atoms with Gasteiger partial charge in [-0.3, -0.25) is 0 Å². The number of pyridine rings is 1. The minimum atomic E-state index is 0.0228. The summed E-state index contributed by atoms with van der Waals surface area (Å²) in [5, 5.41) is 8.23. The second-order valence-electron chi connectivity index (χ2n) is 4.48. The topological polar surface area (TPSA) is 88.1 Å². The molecule has 0 bridgehead atoms. The van der Waals surface area contributed by atoms with Crippen molar-refractivity contribution in [1.82, 2.24) is 20.0 Å². The Morgan fingerprint density at radius 1 is 1.45 bits per heavy atom. The van der Waals surface area contributed by atoms with E-state index in [-0.39, 0.29) is 6.10 Å². The molecular formula is C12H14BrN5O2. The molecule has 2 aromatic heterocycles. The third-order valence-electron chi connectivity index (χ3n) is 2.98. The zero-order valence-corrected chi connectivity index (χ0v) is 12.3. The lowest BCUT2D eigenvalue weighted by Gasteiger charge is -2.22. The van der Waals surface area contributed by atoms with Gasteiger partial charge in [-0.15, -0.1) is 5.10 Å². The summed E-state index contributed by atoms with van der Waals surface area (Å²) in [6.45, 7) is 2.49. The Hall–Kier alpha value is -1.51. The number of hydrogen-bond acceptors (Lipinski definition) is 6. The summed E-state index contributed by atoms with van der Waals surface area (Å²) < 4.78 is 13.4. The number of ether oxygens (including phenoxy) is 2. The standard InChI is InChI=1S/C12H14BrN5O2/c13-10-3-8(4-15-12(10)14)11-6-18(17-16-11)5-9-7-19-1-2-20-9/h3-4,6,9H,1-2,5,7H2,(H2,14,15)/t9-/m0/s1. The molecule has 8 heteroatoms. The average Bonchev–Trinajstić information content (AvgIpc) is 2.91. The minimum Gasteiger partial charge on any atom is -0.383 e. The van der Waals surface area contributed by atoms with Crippen LogP contribution in [-0.2, 0) is 16.0 Å². The summed E-state index contributed by atoms with van der Waals surface area (Å²) in [6, 6.07) is 1.87. The maximum Gasteiger partial charge on any atom is 0.137 e. The van der Waals surface area contributed by atoms with Crippen LogP contribution >= 0.6 is 15.9 Å². The molecule has 0 saturated carbocycles. The fourth-order valence-electron chi connectivity index (χ4n) is 1.96. The molecule has 106 valence electrons. The summed E-state index contributed by atoms with van der Waals surface area (Å²) in [7, 11) is 0. The number of nitrogen functional groups attached to an aromatic ring is 1. The number of anilines is 1. The molecule has 0 aliphatic carbocycles. The summed E-state index contributed by atoms with van der Waals surface area (Å²) in [5.74, 6) is 0.453. The second kappa shape index (κ2) is 5.86. The molecule has 3 heterocycles. The van der Waals surface area contributed by atoms with E-state index in [9.17, 15) is 0 Å². The van der Waals surface area contributed by atoms with E-state index in [0.29, 0.717) is 32.2 Å². The Labute approximate surface area is 124 Å². The highest BCUT2D eigenvalue weighted by molar-refractivity contribution is 9.10. The second-order valence-corrected chi connectivity index (χ2v) is 5.34. The van der Waals surface area contributed by atoms with E-state index in [0.717, 1.165) is 15.7 Å². The number of rotatable bonds is 3. The lowest BCUT2D eigenvalue weighted by molar-refractivity contribution is -0.0947. The van der Waals surface area contributed by atoms with E-state index in [1.807, 2.05) is 12.3 Å². The van der Waals surface area contributed by atoms with Gasteiger partial charge in [0.15, 0.2) is 0 Å². The first-order chi connectivity index (χ1) is 9.72. The van der Waals surface area contributed by atoms with Crippen molar-refractivity contribution >= 4 is 21.7 Å². The van der Waals surface area contributed by atoms with Crippen molar-refractivity contribution in [1.29, 1.82) is 0 Å². The van der Waals surface area contributed by atoms with E-state index < -0.39 is 0 Å². The molecular weight excluding hydrogens is 326 g/mol. The van der Waals surface area contributed by atoms with Crippen LogP contribution in [-0.4, -0.2) is 45.9 Å². The molecule has 1 aliphatic rings. The smallest absolute Gasteiger partial charge is 0.137 e. The van der Waals surface area contributed by atoms with E-state index in [1.165, 1.54) is 0 Å². The molecule has 0 unspecified atom stereocenters. The van der Waals surface area contributed by atoms with Crippen LogP contribution in [0.25, 0.3) is 11.3 Å². The highest BCUT2D eigenvalue weighted by atomic mass is 79.9. The third-order valence-corrected chi connectivity index (χ3v) is 3.61. The van der Waals surface area contributed by atoms with Crippen molar-refractivity contribution in [3.8, 4) is 11.3 Å². The molecule has 1 fully saturated rings. The predicted octanol–water partition coefficient (Wildman–Crippen LogP) is 1.10. The Balaban J connectivity index is 1.73. The Kier molecular flexibility index (Phi) is 3.95. The fourth-order valence-corrected chi connectivity index (χ4v) is 2.31. The average molecular weight is 340 g/mol. The van der Waals surface area contributed by atoms with Gasteiger partial charge in [0.05, 0.1) is 37.0 Å². The highest BCUT2D eigenvalue weighted by Gasteiger charge is 2.16. The Morgan fingerprint density at radius 3 is 3.10 bits per heavy atom. The van der Waals surface area contributed by atoms with Crippen molar-refractivity contribution in [3.63, 3.8) is 0 Å². The molecule has 1 aliphatic heterocycles. The minimum absolute atomic E-state index is 0.0228. The van der Waals surface area contributed by atoms with Gasteiger partial charge in [0.2, 0.25) is 0 Å².